The Morgan fingerprint density at radius 1 is 1.29 bits per heavy atom. The maximum absolute atomic E-state index is 12.0. The summed E-state index contributed by atoms with van der Waals surface area (Å²) in [7, 11) is 0. The van der Waals surface area contributed by atoms with Gasteiger partial charge in [-0.15, -0.1) is 0 Å². The van der Waals surface area contributed by atoms with Crippen LogP contribution in [0.2, 0.25) is 0 Å². The van der Waals surface area contributed by atoms with Gasteiger partial charge in [-0.1, -0.05) is 12.1 Å². The lowest BCUT2D eigenvalue weighted by molar-refractivity contribution is -0.120. The average Bonchev–Trinajstić information content (AvgIpc) is 2.96. The quantitative estimate of drug-likeness (QED) is 0.495. The second-order valence-corrected chi connectivity index (χ2v) is 6.84. The summed E-state index contributed by atoms with van der Waals surface area (Å²) in [4.78, 5) is 24.9. The highest BCUT2D eigenvalue weighted by molar-refractivity contribution is 5.77. The summed E-state index contributed by atoms with van der Waals surface area (Å²) < 4.78 is 11.3. The van der Waals surface area contributed by atoms with Gasteiger partial charge in [0.15, 0.2) is 0 Å². The molecule has 0 aliphatic carbocycles. The molecule has 1 heterocycles. The number of benzene rings is 1. The first-order valence-electron chi connectivity index (χ1n) is 8.00. The van der Waals surface area contributed by atoms with E-state index in [4.69, 9.17) is 15.3 Å². The molecule has 0 radical (unpaired) electrons. The zero-order valence-corrected chi connectivity index (χ0v) is 14.4. The van der Waals surface area contributed by atoms with Crippen LogP contribution in [0.15, 0.2) is 24.3 Å². The molecule has 2 rings (SSSR count). The first kappa shape index (κ1) is 18.1. The Morgan fingerprint density at radius 3 is 2.54 bits per heavy atom. The fourth-order valence-corrected chi connectivity index (χ4v) is 2.43. The van der Waals surface area contributed by atoms with E-state index < -0.39 is 5.60 Å². The van der Waals surface area contributed by atoms with Crippen LogP contribution in [0, 0.1) is 0 Å². The Labute approximate surface area is 142 Å². The van der Waals surface area contributed by atoms with Crippen molar-refractivity contribution in [3.8, 4) is 5.75 Å². The van der Waals surface area contributed by atoms with Gasteiger partial charge in [0.05, 0.1) is 13.0 Å². The summed E-state index contributed by atoms with van der Waals surface area (Å²) in [5.74, 6) is 5.54. The zero-order chi connectivity index (χ0) is 17.7. The van der Waals surface area contributed by atoms with E-state index in [9.17, 15) is 9.59 Å². The van der Waals surface area contributed by atoms with Gasteiger partial charge in [-0.05, 0) is 38.5 Å². The summed E-state index contributed by atoms with van der Waals surface area (Å²) >= 11 is 0. The molecule has 7 heteroatoms. The molecule has 0 unspecified atom stereocenters. The van der Waals surface area contributed by atoms with Crippen molar-refractivity contribution in [2.75, 3.05) is 13.1 Å². The molecule has 1 atom stereocenters. The van der Waals surface area contributed by atoms with E-state index in [1.165, 1.54) is 0 Å². The van der Waals surface area contributed by atoms with Gasteiger partial charge >= 0.3 is 6.09 Å². The molecule has 3 N–H and O–H groups in total. The van der Waals surface area contributed by atoms with Gasteiger partial charge in [-0.2, -0.15) is 0 Å². The van der Waals surface area contributed by atoms with Gasteiger partial charge in [0.2, 0.25) is 5.91 Å². The van der Waals surface area contributed by atoms with Crippen LogP contribution < -0.4 is 16.0 Å². The van der Waals surface area contributed by atoms with E-state index in [0.29, 0.717) is 18.8 Å². The third kappa shape index (κ3) is 5.42. The number of nitrogens with zero attached hydrogens (tertiary/aromatic N) is 1. The number of amides is 2. The van der Waals surface area contributed by atoms with Crippen molar-refractivity contribution in [3.63, 3.8) is 0 Å². The van der Waals surface area contributed by atoms with Gasteiger partial charge in [0, 0.05) is 13.0 Å². The number of hydrogen-bond donors (Lipinski definition) is 2. The molecule has 1 fully saturated rings. The summed E-state index contributed by atoms with van der Waals surface area (Å²) in [6.45, 7) is 6.67. The number of hydrazine groups is 1. The molecule has 1 aliphatic rings. The van der Waals surface area contributed by atoms with Crippen LogP contribution in [0.5, 0.6) is 5.75 Å². The van der Waals surface area contributed by atoms with Gasteiger partial charge in [-0.25, -0.2) is 10.6 Å². The summed E-state index contributed by atoms with van der Waals surface area (Å²) in [6, 6.07) is 7.28. The largest absolute Gasteiger partial charge is 0.489 e. The molecule has 1 aromatic rings. The lowest BCUT2D eigenvalue weighted by Crippen LogP contribution is -2.36. The Kier molecular flexibility index (Phi) is 5.66. The number of rotatable bonds is 4. The first-order chi connectivity index (χ1) is 11.3. The molecule has 0 spiro atoms. The minimum atomic E-state index is -0.498. The summed E-state index contributed by atoms with van der Waals surface area (Å²) in [5, 5.41) is 0. The van der Waals surface area contributed by atoms with E-state index in [-0.39, 0.29) is 24.5 Å². The number of likely N-dealkylation sites (tertiary alicyclic amines) is 1. The SMILES string of the molecule is CC(C)(C)OC(=O)N1CC[C@H](Oc2ccc(CC(=O)NN)cc2)C1. The van der Waals surface area contributed by atoms with E-state index in [2.05, 4.69) is 5.43 Å². The molecule has 0 bridgehead atoms. The number of ether oxygens (including phenoxy) is 2. The van der Waals surface area contributed by atoms with E-state index >= 15 is 0 Å². The van der Waals surface area contributed by atoms with Crippen LogP contribution in [0.3, 0.4) is 0 Å². The zero-order valence-electron chi connectivity index (χ0n) is 14.4. The lowest BCUT2D eigenvalue weighted by Gasteiger charge is -2.24. The van der Waals surface area contributed by atoms with E-state index in [1.54, 1.807) is 4.90 Å². The Hall–Kier alpha value is -2.28. The highest BCUT2D eigenvalue weighted by Crippen LogP contribution is 2.21. The van der Waals surface area contributed by atoms with Crippen LogP contribution in [-0.2, 0) is 16.0 Å². The van der Waals surface area contributed by atoms with Crippen LogP contribution in [0.1, 0.15) is 32.8 Å². The van der Waals surface area contributed by atoms with Gasteiger partial charge in [0.25, 0.3) is 0 Å². The average molecular weight is 335 g/mol. The van der Waals surface area contributed by atoms with E-state index in [0.717, 1.165) is 12.0 Å². The molecule has 1 aliphatic heterocycles. The van der Waals surface area contributed by atoms with Crippen LogP contribution >= 0.6 is 0 Å². The smallest absolute Gasteiger partial charge is 0.410 e. The minimum absolute atomic E-state index is 0.0595. The topological polar surface area (TPSA) is 93.9 Å². The molecule has 1 saturated heterocycles. The number of nitrogens with two attached hydrogens (primary N) is 1. The second kappa shape index (κ2) is 7.53. The predicted molar refractivity (Wildman–Crippen MR) is 89.3 cm³/mol. The Balaban J connectivity index is 1.84. The molecular formula is C17H25N3O4. The lowest BCUT2D eigenvalue weighted by atomic mass is 10.1. The molecule has 1 aromatic carbocycles. The third-order valence-corrected chi connectivity index (χ3v) is 3.55. The number of carbonyl (C=O) groups excluding carboxylic acids is 2. The molecule has 0 saturated carbocycles. The Morgan fingerprint density at radius 2 is 1.96 bits per heavy atom. The Bertz CT molecular complexity index is 580. The van der Waals surface area contributed by atoms with E-state index in [1.807, 2.05) is 45.0 Å². The third-order valence-electron chi connectivity index (χ3n) is 3.55. The standard InChI is InChI=1S/C17H25N3O4/c1-17(2,3)24-16(22)20-9-8-14(11-20)23-13-6-4-12(5-7-13)10-15(21)19-18/h4-7,14H,8-11,18H2,1-3H3,(H,19,21)/t14-/m0/s1. The maximum atomic E-state index is 12.0. The van der Waals surface area contributed by atoms with Crippen molar-refractivity contribution >= 4 is 12.0 Å². The summed E-state index contributed by atoms with van der Waals surface area (Å²) in [6.07, 6.45) is 0.621. The number of carbonyl (C=O) groups is 2. The fraction of sp³-hybridized carbons (Fsp3) is 0.529. The predicted octanol–water partition coefficient (Wildman–Crippen LogP) is 1.61. The van der Waals surface area contributed by atoms with Crippen molar-refractivity contribution in [2.45, 2.75) is 45.3 Å². The normalized spacial score (nSPS) is 17.5. The van der Waals surface area contributed by atoms with Gasteiger partial charge in [-0.3, -0.25) is 10.2 Å². The molecule has 7 nitrogen and oxygen atoms in total. The van der Waals surface area contributed by atoms with Crippen molar-refractivity contribution in [2.24, 2.45) is 5.84 Å². The molecule has 0 aromatic heterocycles. The minimum Gasteiger partial charge on any atom is -0.489 e. The highest BCUT2D eigenvalue weighted by atomic mass is 16.6. The number of hydrogen-bond acceptors (Lipinski definition) is 5. The molecule has 132 valence electrons. The molecule has 2 amide bonds. The van der Waals surface area contributed by atoms with Gasteiger partial charge < -0.3 is 14.4 Å². The molecule has 24 heavy (non-hydrogen) atoms. The van der Waals surface area contributed by atoms with Crippen molar-refractivity contribution in [1.82, 2.24) is 10.3 Å². The van der Waals surface area contributed by atoms with Crippen LogP contribution in [0.25, 0.3) is 0 Å². The van der Waals surface area contributed by atoms with Crippen molar-refractivity contribution < 1.29 is 19.1 Å². The maximum Gasteiger partial charge on any atom is 0.410 e. The monoisotopic (exact) mass is 335 g/mol. The van der Waals surface area contributed by atoms with Crippen molar-refractivity contribution in [3.05, 3.63) is 29.8 Å². The second-order valence-electron chi connectivity index (χ2n) is 6.84. The van der Waals surface area contributed by atoms with Crippen molar-refractivity contribution in [1.29, 1.82) is 0 Å². The highest BCUT2D eigenvalue weighted by Gasteiger charge is 2.30. The molecular weight excluding hydrogens is 310 g/mol. The van der Waals surface area contributed by atoms with Crippen LogP contribution in [-0.4, -0.2) is 41.7 Å². The fourth-order valence-electron chi connectivity index (χ4n) is 2.43. The van der Waals surface area contributed by atoms with Crippen LogP contribution in [0.4, 0.5) is 4.79 Å². The number of nitrogens with one attached hydrogen (secondary N) is 1. The first-order valence-corrected chi connectivity index (χ1v) is 8.00. The summed E-state index contributed by atoms with van der Waals surface area (Å²) in [5.41, 5.74) is 2.45. The van der Waals surface area contributed by atoms with Gasteiger partial charge in [0.1, 0.15) is 17.5 Å².